The van der Waals surface area contributed by atoms with Crippen LogP contribution in [0, 0.1) is 0 Å². The van der Waals surface area contributed by atoms with Crippen LogP contribution in [0.4, 0.5) is 0 Å². The number of nitrogens with one attached hydrogen (secondary N) is 1. The zero-order valence-electron chi connectivity index (χ0n) is 18.4. The van der Waals surface area contributed by atoms with Gasteiger partial charge in [0.1, 0.15) is 24.7 Å². The van der Waals surface area contributed by atoms with Gasteiger partial charge in [-0.05, 0) is 49.6 Å². The summed E-state index contributed by atoms with van der Waals surface area (Å²) in [5.74, 6) is -0.132. The molecule has 9 nitrogen and oxygen atoms in total. The molecule has 3 amide bonds. The summed E-state index contributed by atoms with van der Waals surface area (Å²) in [6.45, 7) is 2.73. The van der Waals surface area contributed by atoms with Crippen molar-refractivity contribution in [3.05, 3.63) is 53.6 Å². The highest BCUT2D eigenvalue weighted by Crippen LogP contribution is 2.30. The van der Waals surface area contributed by atoms with Gasteiger partial charge < -0.3 is 9.64 Å². The van der Waals surface area contributed by atoms with Gasteiger partial charge in [0.25, 0.3) is 5.91 Å². The molecule has 2 atom stereocenters. The average molecular weight is 450 g/mol. The predicted octanol–water partition coefficient (Wildman–Crippen LogP) is 1.67. The molecule has 5 rings (SSSR count). The summed E-state index contributed by atoms with van der Waals surface area (Å²) in [6.07, 6.45) is 9.27. The number of hydrogen-bond donors (Lipinski definition) is 1. The molecule has 33 heavy (non-hydrogen) atoms. The minimum Gasteiger partial charge on any atom is -0.492 e. The Morgan fingerprint density at radius 2 is 1.94 bits per heavy atom. The zero-order valence-corrected chi connectivity index (χ0v) is 18.4. The molecule has 3 aliphatic rings. The van der Waals surface area contributed by atoms with Gasteiger partial charge in [-0.3, -0.25) is 24.6 Å². The molecule has 9 heteroatoms. The lowest BCUT2D eigenvalue weighted by molar-refractivity contribution is -0.136. The number of benzene rings is 1. The van der Waals surface area contributed by atoms with Gasteiger partial charge in [-0.15, -0.1) is 0 Å². The fourth-order valence-corrected chi connectivity index (χ4v) is 4.94. The molecule has 0 spiro atoms. The molecule has 172 valence electrons. The highest BCUT2D eigenvalue weighted by Gasteiger charge is 2.39. The molecule has 1 N–H and O–H groups in total. The first-order valence-electron chi connectivity index (χ1n) is 11.5. The van der Waals surface area contributed by atoms with Crippen LogP contribution < -0.4 is 10.1 Å². The van der Waals surface area contributed by atoms with Crippen molar-refractivity contribution in [3.63, 3.8) is 0 Å². The van der Waals surface area contributed by atoms with Crippen molar-refractivity contribution in [2.24, 2.45) is 0 Å². The smallest absolute Gasteiger partial charge is 0.255 e. The van der Waals surface area contributed by atoms with Crippen LogP contribution in [0.15, 0.2) is 36.9 Å². The number of rotatable bonds is 6. The van der Waals surface area contributed by atoms with E-state index in [1.807, 2.05) is 24.5 Å². The van der Waals surface area contributed by atoms with Crippen molar-refractivity contribution in [2.75, 3.05) is 13.2 Å². The van der Waals surface area contributed by atoms with Crippen molar-refractivity contribution in [1.29, 1.82) is 0 Å². The maximum Gasteiger partial charge on any atom is 0.255 e. The van der Waals surface area contributed by atoms with Gasteiger partial charge >= 0.3 is 0 Å². The standard InChI is InChI=1S/C24H27N5O4/c30-22-7-6-21(23(31)27-22)29-13-17-9-19(4-5-20(17)24(29)32)33-14-18-3-1-2-8-28(18)12-16-10-25-15-26-11-16/h4-5,9-11,15,18,21H,1-3,6-8,12-14H2,(H,27,30,31)/t18-,21?/m0/s1. The SMILES string of the molecule is O=C1CCC(N2Cc3cc(OC[C@@H]4CCCCN4Cc4cncnc4)ccc3C2=O)C(=O)N1. The highest BCUT2D eigenvalue weighted by atomic mass is 16.5. The fraction of sp³-hybridized carbons (Fsp3) is 0.458. The van der Waals surface area contributed by atoms with Gasteiger partial charge in [-0.1, -0.05) is 6.42 Å². The summed E-state index contributed by atoms with van der Waals surface area (Å²) in [6, 6.07) is 5.19. The first-order chi connectivity index (χ1) is 16.1. The fourth-order valence-electron chi connectivity index (χ4n) is 4.94. The number of nitrogens with zero attached hydrogens (tertiary/aromatic N) is 4. The summed E-state index contributed by atoms with van der Waals surface area (Å²) >= 11 is 0. The van der Waals surface area contributed by atoms with Crippen molar-refractivity contribution in [2.45, 2.75) is 57.3 Å². The van der Waals surface area contributed by atoms with Crippen molar-refractivity contribution < 1.29 is 19.1 Å². The Bertz CT molecular complexity index is 1060. The quantitative estimate of drug-likeness (QED) is 0.669. The predicted molar refractivity (Wildman–Crippen MR) is 118 cm³/mol. The van der Waals surface area contributed by atoms with Gasteiger partial charge in [0.2, 0.25) is 11.8 Å². The first kappa shape index (κ1) is 21.5. The minimum absolute atomic E-state index is 0.172. The summed E-state index contributed by atoms with van der Waals surface area (Å²) in [5.41, 5.74) is 2.54. The maximum atomic E-state index is 12.9. The Morgan fingerprint density at radius 1 is 1.09 bits per heavy atom. The second kappa shape index (κ2) is 9.27. The molecule has 2 aromatic rings. The summed E-state index contributed by atoms with van der Waals surface area (Å²) in [7, 11) is 0. The third-order valence-corrected chi connectivity index (χ3v) is 6.69. The Kier molecular flexibility index (Phi) is 6.04. The van der Waals surface area contributed by atoms with Crippen LogP contribution in [-0.2, 0) is 22.7 Å². The van der Waals surface area contributed by atoms with E-state index in [1.54, 1.807) is 17.3 Å². The van der Waals surface area contributed by atoms with Crippen LogP contribution in [0.25, 0.3) is 0 Å². The van der Waals surface area contributed by atoms with Crippen LogP contribution in [0.3, 0.4) is 0 Å². The third-order valence-electron chi connectivity index (χ3n) is 6.69. The molecule has 0 bridgehead atoms. The molecule has 4 heterocycles. The lowest BCUT2D eigenvalue weighted by atomic mass is 10.0. The van der Waals surface area contributed by atoms with E-state index in [2.05, 4.69) is 20.2 Å². The van der Waals surface area contributed by atoms with Crippen molar-refractivity contribution >= 4 is 17.7 Å². The first-order valence-corrected chi connectivity index (χ1v) is 11.5. The monoisotopic (exact) mass is 449 g/mol. The Labute approximate surface area is 192 Å². The summed E-state index contributed by atoms with van der Waals surface area (Å²) in [5, 5.41) is 2.33. The lowest BCUT2D eigenvalue weighted by Crippen LogP contribution is -2.52. The number of piperidine rings is 2. The van der Waals surface area contributed by atoms with Crippen molar-refractivity contribution in [1.82, 2.24) is 25.1 Å². The van der Waals surface area contributed by atoms with E-state index in [-0.39, 0.29) is 18.2 Å². The zero-order chi connectivity index (χ0) is 22.8. The minimum atomic E-state index is -0.607. The van der Waals surface area contributed by atoms with E-state index in [1.165, 1.54) is 12.8 Å². The van der Waals surface area contributed by atoms with Crippen LogP contribution in [0.1, 0.15) is 53.6 Å². The molecule has 0 saturated carbocycles. The molecule has 0 aliphatic carbocycles. The van der Waals surface area contributed by atoms with E-state index in [0.717, 1.165) is 36.4 Å². The van der Waals surface area contributed by atoms with E-state index in [4.69, 9.17) is 4.74 Å². The lowest BCUT2D eigenvalue weighted by Gasteiger charge is -2.35. The van der Waals surface area contributed by atoms with Gasteiger partial charge in [0, 0.05) is 49.1 Å². The van der Waals surface area contributed by atoms with E-state index in [9.17, 15) is 14.4 Å². The van der Waals surface area contributed by atoms with E-state index >= 15 is 0 Å². The second-order valence-electron chi connectivity index (χ2n) is 8.90. The summed E-state index contributed by atoms with van der Waals surface area (Å²) in [4.78, 5) is 48.7. The largest absolute Gasteiger partial charge is 0.492 e. The van der Waals surface area contributed by atoms with E-state index in [0.29, 0.717) is 31.2 Å². The number of carbonyl (C=O) groups excluding carboxylic acids is 3. The normalized spacial score (nSPS) is 23.4. The van der Waals surface area contributed by atoms with Crippen molar-refractivity contribution in [3.8, 4) is 5.75 Å². The highest BCUT2D eigenvalue weighted by molar-refractivity contribution is 6.05. The van der Waals surface area contributed by atoms with Crippen LogP contribution in [0.5, 0.6) is 5.75 Å². The Hall–Kier alpha value is -3.33. The topological polar surface area (TPSA) is 105 Å². The Morgan fingerprint density at radius 3 is 2.76 bits per heavy atom. The second-order valence-corrected chi connectivity index (χ2v) is 8.90. The number of aromatic nitrogens is 2. The molecule has 0 radical (unpaired) electrons. The Balaban J connectivity index is 1.23. The molecule has 1 aromatic heterocycles. The third kappa shape index (κ3) is 4.59. The van der Waals surface area contributed by atoms with Crippen LogP contribution in [-0.4, -0.2) is 62.7 Å². The van der Waals surface area contributed by atoms with Gasteiger partial charge in [0.15, 0.2) is 0 Å². The number of imide groups is 1. The van der Waals surface area contributed by atoms with Gasteiger partial charge in [0.05, 0.1) is 0 Å². The number of carbonyl (C=O) groups is 3. The molecule has 1 unspecified atom stereocenters. The number of hydrogen-bond acceptors (Lipinski definition) is 7. The molecule has 2 fully saturated rings. The maximum absolute atomic E-state index is 12.9. The van der Waals surface area contributed by atoms with Gasteiger partial charge in [-0.2, -0.15) is 0 Å². The number of ether oxygens (including phenoxy) is 1. The average Bonchev–Trinajstić information content (AvgIpc) is 3.14. The summed E-state index contributed by atoms with van der Waals surface area (Å²) < 4.78 is 6.16. The van der Waals surface area contributed by atoms with Crippen LogP contribution >= 0.6 is 0 Å². The van der Waals surface area contributed by atoms with Gasteiger partial charge in [-0.25, -0.2) is 9.97 Å². The van der Waals surface area contributed by atoms with Crippen LogP contribution in [0.2, 0.25) is 0 Å². The molecular weight excluding hydrogens is 422 g/mol. The number of amides is 3. The number of likely N-dealkylation sites (tertiary alicyclic amines) is 1. The molecule has 1 aromatic carbocycles. The molecule has 2 saturated heterocycles. The molecule has 3 aliphatic heterocycles. The van der Waals surface area contributed by atoms with E-state index < -0.39 is 11.9 Å². The number of fused-ring (bicyclic) bond motifs is 1. The molecular formula is C24H27N5O4.